The van der Waals surface area contributed by atoms with Crippen molar-refractivity contribution < 1.29 is 9.53 Å². The van der Waals surface area contributed by atoms with Crippen molar-refractivity contribution in [1.82, 2.24) is 14.5 Å². The van der Waals surface area contributed by atoms with E-state index in [1.807, 2.05) is 18.0 Å². The van der Waals surface area contributed by atoms with Crippen molar-refractivity contribution in [3.05, 3.63) is 18.2 Å². The molecule has 19 heavy (non-hydrogen) atoms. The lowest BCUT2D eigenvalue weighted by Crippen LogP contribution is -2.40. The van der Waals surface area contributed by atoms with Gasteiger partial charge in [0.25, 0.3) is 0 Å². The van der Waals surface area contributed by atoms with E-state index in [2.05, 4.69) is 15.7 Å². The molecule has 0 spiro atoms. The van der Waals surface area contributed by atoms with Gasteiger partial charge in [-0.2, -0.15) is 0 Å². The highest BCUT2D eigenvalue weighted by molar-refractivity contribution is 5.76. The van der Waals surface area contributed by atoms with Crippen LogP contribution in [0, 0.1) is 13.1 Å². The van der Waals surface area contributed by atoms with Gasteiger partial charge in [0, 0.05) is 32.3 Å². The van der Waals surface area contributed by atoms with Crippen molar-refractivity contribution in [2.45, 2.75) is 39.2 Å². The summed E-state index contributed by atoms with van der Waals surface area (Å²) in [5.74, 6) is 1.28. The number of amides is 1. The molecule has 105 valence electrons. The van der Waals surface area contributed by atoms with Crippen LogP contribution in [0.4, 0.5) is 0 Å². The van der Waals surface area contributed by atoms with E-state index in [1.54, 1.807) is 0 Å². The highest BCUT2D eigenvalue weighted by Gasteiger charge is 2.15. The molecule has 1 amide bonds. The second-order valence-corrected chi connectivity index (χ2v) is 4.91. The maximum Gasteiger partial charge on any atom is 0.222 e. The molecule has 2 heterocycles. The molecule has 0 unspecified atom stereocenters. The lowest BCUT2D eigenvalue weighted by Gasteiger charge is -2.26. The van der Waals surface area contributed by atoms with E-state index >= 15 is 0 Å². The Morgan fingerprint density at radius 3 is 2.84 bits per heavy atom. The molecule has 5 heteroatoms. The Balaban J connectivity index is 1.56. The third-order valence-corrected chi connectivity index (χ3v) is 3.51. The Morgan fingerprint density at radius 2 is 2.16 bits per heavy atom. The first-order valence-corrected chi connectivity index (χ1v) is 7.03. The van der Waals surface area contributed by atoms with Crippen LogP contribution in [0.15, 0.2) is 6.20 Å². The summed E-state index contributed by atoms with van der Waals surface area (Å²) in [6.45, 7) is 5.82. The van der Waals surface area contributed by atoms with E-state index in [9.17, 15) is 4.79 Å². The highest BCUT2D eigenvalue weighted by Crippen LogP contribution is 2.07. The molecule has 1 aromatic heterocycles. The molecule has 0 aliphatic carbocycles. The molecule has 1 fully saturated rings. The smallest absolute Gasteiger partial charge is 0.222 e. The number of morpholine rings is 1. The lowest BCUT2D eigenvalue weighted by molar-refractivity contribution is -0.135. The number of aromatic nitrogens is 2. The number of hydrogen-bond acceptors (Lipinski definition) is 3. The second-order valence-electron chi connectivity index (χ2n) is 4.91. The van der Waals surface area contributed by atoms with Gasteiger partial charge in [0.15, 0.2) is 0 Å². The van der Waals surface area contributed by atoms with Crippen LogP contribution in [0.1, 0.15) is 31.5 Å². The van der Waals surface area contributed by atoms with E-state index in [0.29, 0.717) is 19.6 Å². The van der Waals surface area contributed by atoms with Crippen molar-refractivity contribution in [1.29, 1.82) is 0 Å². The van der Waals surface area contributed by atoms with Crippen LogP contribution < -0.4 is 0 Å². The predicted octanol–water partition coefficient (Wildman–Crippen LogP) is 1.41. The van der Waals surface area contributed by atoms with Crippen LogP contribution in [0.25, 0.3) is 0 Å². The minimum absolute atomic E-state index is 0.274. The molecular formula is C14H22N3O2. The van der Waals surface area contributed by atoms with Gasteiger partial charge in [0.05, 0.1) is 13.2 Å². The number of imidazole rings is 1. The van der Waals surface area contributed by atoms with E-state index in [0.717, 1.165) is 44.7 Å². The van der Waals surface area contributed by atoms with Crippen molar-refractivity contribution in [3.63, 3.8) is 0 Å². The Kier molecular flexibility index (Phi) is 5.39. The Hall–Kier alpha value is -1.36. The van der Waals surface area contributed by atoms with Crippen LogP contribution >= 0.6 is 0 Å². The zero-order chi connectivity index (χ0) is 13.5. The average Bonchev–Trinajstić information content (AvgIpc) is 2.85. The number of ether oxygens (including phenoxy) is 1. The largest absolute Gasteiger partial charge is 0.378 e. The molecule has 1 saturated heterocycles. The summed E-state index contributed by atoms with van der Waals surface area (Å²) in [4.78, 5) is 17.9. The molecule has 0 N–H and O–H groups in total. The van der Waals surface area contributed by atoms with Gasteiger partial charge < -0.3 is 14.2 Å². The van der Waals surface area contributed by atoms with Gasteiger partial charge in [-0.15, -0.1) is 0 Å². The van der Waals surface area contributed by atoms with Crippen LogP contribution in [-0.4, -0.2) is 46.7 Å². The minimum Gasteiger partial charge on any atom is -0.378 e. The van der Waals surface area contributed by atoms with Crippen molar-refractivity contribution in [2.75, 3.05) is 26.3 Å². The Bertz CT molecular complexity index is 397. The van der Waals surface area contributed by atoms with Crippen LogP contribution in [0.5, 0.6) is 0 Å². The Labute approximate surface area is 114 Å². The third-order valence-electron chi connectivity index (χ3n) is 3.51. The highest BCUT2D eigenvalue weighted by atomic mass is 16.5. The average molecular weight is 264 g/mol. The van der Waals surface area contributed by atoms with Crippen LogP contribution in [-0.2, 0) is 16.1 Å². The molecule has 1 aliphatic heterocycles. The van der Waals surface area contributed by atoms with Gasteiger partial charge >= 0.3 is 0 Å². The fraction of sp³-hybridized carbons (Fsp3) is 0.714. The number of nitrogens with zero attached hydrogens (tertiary/aromatic N) is 3. The SMILES string of the molecule is Cc1n[c]cn1CCCCCC(=O)N1CCOCC1. The van der Waals surface area contributed by atoms with E-state index in [1.165, 1.54) is 0 Å². The molecular weight excluding hydrogens is 242 g/mol. The first kappa shape index (κ1) is 14.1. The molecule has 0 atom stereocenters. The zero-order valence-corrected chi connectivity index (χ0v) is 11.6. The van der Waals surface area contributed by atoms with Gasteiger partial charge in [-0.05, 0) is 19.8 Å². The molecule has 0 aromatic carbocycles. The van der Waals surface area contributed by atoms with E-state index in [4.69, 9.17) is 4.74 Å². The summed E-state index contributed by atoms with van der Waals surface area (Å²) >= 11 is 0. The normalized spacial score (nSPS) is 15.7. The summed E-state index contributed by atoms with van der Waals surface area (Å²) in [6, 6.07) is 0. The lowest BCUT2D eigenvalue weighted by atomic mass is 10.1. The van der Waals surface area contributed by atoms with Crippen molar-refractivity contribution in [3.8, 4) is 0 Å². The Morgan fingerprint density at radius 1 is 1.37 bits per heavy atom. The quantitative estimate of drug-likeness (QED) is 0.730. The molecule has 5 nitrogen and oxygen atoms in total. The van der Waals surface area contributed by atoms with Gasteiger partial charge in [-0.1, -0.05) is 6.42 Å². The summed E-state index contributed by atoms with van der Waals surface area (Å²) in [6.07, 6.45) is 8.51. The number of rotatable bonds is 6. The number of carbonyl (C=O) groups excluding carboxylic acids is 1. The molecule has 0 bridgehead atoms. The number of aryl methyl sites for hydroxylation is 2. The fourth-order valence-electron chi connectivity index (χ4n) is 2.28. The standard InChI is InChI=1S/C14H22N3O2/c1-13-15-6-8-16(13)7-4-2-3-5-14(18)17-9-11-19-12-10-17/h8H,2-5,7,9-12H2,1H3. The van der Waals surface area contributed by atoms with E-state index in [-0.39, 0.29) is 5.91 Å². The molecule has 1 aromatic rings. The van der Waals surface area contributed by atoms with Crippen LogP contribution in [0.3, 0.4) is 0 Å². The maximum atomic E-state index is 11.9. The maximum absolute atomic E-state index is 11.9. The van der Waals surface area contributed by atoms with Gasteiger partial charge in [-0.3, -0.25) is 4.79 Å². The van der Waals surface area contributed by atoms with Crippen molar-refractivity contribution in [2.24, 2.45) is 0 Å². The first-order valence-electron chi connectivity index (χ1n) is 7.03. The third kappa shape index (κ3) is 4.35. The topological polar surface area (TPSA) is 47.4 Å². The second kappa shape index (κ2) is 7.28. The number of unbranched alkanes of at least 4 members (excludes halogenated alkanes) is 2. The fourth-order valence-corrected chi connectivity index (χ4v) is 2.28. The summed E-state index contributed by atoms with van der Waals surface area (Å²) < 4.78 is 7.34. The van der Waals surface area contributed by atoms with Gasteiger partial charge in [0.1, 0.15) is 12.0 Å². The summed E-state index contributed by atoms with van der Waals surface area (Å²) in [5.41, 5.74) is 0. The molecule has 0 saturated carbocycles. The summed E-state index contributed by atoms with van der Waals surface area (Å²) in [5, 5.41) is 0. The molecule has 2 rings (SSSR count). The number of carbonyl (C=O) groups is 1. The molecule has 1 radical (unpaired) electrons. The van der Waals surface area contributed by atoms with Crippen molar-refractivity contribution >= 4 is 5.91 Å². The summed E-state index contributed by atoms with van der Waals surface area (Å²) in [7, 11) is 0. The monoisotopic (exact) mass is 264 g/mol. The zero-order valence-electron chi connectivity index (χ0n) is 11.6. The van der Waals surface area contributed by atoms with Crippen LogP contribution in [0.2, 0.25) is 0 Å². The van der Waals surface area contributed by atoms with Gasteiger partial charge in [0.2, 0.25) is 5.91 Å². The molecule has 1 aliphatic rings. The number of hydrogen-bond donors (Lipinski definition) is 0. The van der Waals surface area contributed by atoms with E-state index < -0.39 is 0 Å². The van der Waals surface area contributed by atoms with Gasteiger partial charge in [-0.25, -0.2) is 4.98 Å². The first-order chi connectivity index (χ1) is 9.27. The minimum atomic E-state index is 0.274. The predicted molar refractivity (Wildman–Crippen MR) is 71.7 cm³/mol.